The van der Waals surface area contributed by atoms with E-state index in [2.05, 4.69) is 9.83 Å². The highest BCUT2D eigenvalue weighted by atomic mass is 16.4. The summed E-state index contributed by atoms with van der Waals surface area (Å²) in [5.41, 5.74) is 0.536. The number of aromatic nitrogens is 1. The van der Waals surface area contributed by atoms with Crippen molar-refractivity contribution in [2.24, 2.45) is 0 Å². The second-order valence-electron chi connectivity index (χ2n) is 1.96. The first kappa shape index (κ1) is 7.73. The van der Waals surface area contributed by atoms with Gasteiger partial charge in [-0.2, -0.15) is 0 Å². The van der Waals surface area contributed by atoms with Gasteiger partial charge in [-0.25, -0.2) is 4.85 Å². The monoisotopic (exact) mass is 148 g/mol. The van der Waals surface area contributed by atoms with Gasteiger partial charge in [0.2, 0.25) is 5.69 Å². The fraction of sp³-hybridized carbons (Fsp3) is 0. The molecule has 0 saturated heterocycles. The molecule has 0 atom stereocenters. The van der Waals surface area contributed by atoms with Crippen LogP contribution in [-0.4, -0.2) is 22.2 Å². The normalized spacial score (nSPS) is 8.82. The van der Waals surface area contributed by atoms with Gasteiger partial charge in [-0.1, -0.05) is 6.07 Å². The highest BCUT2D eigenvalue weighted by molar-refractivity contribution is 6.58. The lowest BCUT2D eigenvalue weighted by Gasteiger charge is -1.96. The second kappa shape index (κ2) is 3.15. The molecule has 0 spiro atoms. The predicted octanol–water partition coefficient (Wildman–Crippen LogP) is -0.688. The number of hydrogen-bond donors (Lipinski definition) is 2. The molecule has 54 valence electrons. The van der Waals surface area contributed by atoms with Crippen LogP contribution in [0.3, 0.4) is 0 Å². The molecule has 0 fully saturated rings. The van der Waals surface area contributed by atoms with Crippen molar-refractivity contribution in [3.8, 4) is 0 Å². The zero-order valence-electron chi connectivity index (χ0n) is 5.60. The van der Waals surface area contributed by atoms with Gasteiger partial charge in [-0.05, 0) is 5.46 Å². The van der Waals surface area contributed by atoms with Crippen LogP contribution in [0.15, 0.2) is 18.5 Å². The van der Waals surface area contributed by atoms with Crippen molar-refractivity contribution in [3.05, 3.63) is 29.9 Å². The molecule has 0 unspecified atom stereocenters. The van der Waals surface area contributed by atoms with Crippen LogP contribution in [0.5, 0.6) is 0 Å². The first-order chi connectivity index (χ1) is 5.24. The zero-order valence-corrected chi connectivity index (χ0v) is 5.60. The minimum Gasteiger partial charge on any atom is -0.423 e. The van der Waals surface area contributed by atoms with Crippen molar-refractivity contribution >= 4 is 18.3 Å². The predicted molar refractivity (Wildman–Crippen MR) is 40.3 cm³/mol. The molecule has 1 aromatic heterocycles. The average Bonchev–Trinajstić information content (AvgIpc) is 2.05. The molecular weight excluding hydrogens is 143 g/mol. The van der Waals surface area contributed by atoms with E-state index in [0.29, 0.717) is 5.69 Å². The van der Waals surface area contributed by atoms with Gasteiger partial charge in [0.15, 0.2) is 0 Å². The Morgan fingerprint density at radius 2 is 2.18 bits per heavy atom. The van der Waals surface area contributed by atoms with E-state index in [-0.39, 0.29) is 5.46 Å². The SMILES string of the molecule is [C-]#[N+]c1cncc(B(O)O)c1. The first-order valence-electron chi connectivity index (χ1n) is 2.92. The number of hydrogen-bond acceptors (Lipinski definition) is 3. The van der Waals surface area contributed by atoms with Gasteiger partial charge >= 0.3 is 7.12 Å². The third-order valence-electron chi connectivity index (χ3n) is 1.17. The molecule has 0 aliphatic heterocycles. The molecule has 0 amide bonds. The molecule has 0 aromatic carbocycles. The van der Waals surface area contributed by atoms with Gasteiger partial charge in [0.05, 0.1) is 6.57 Å². The van der Waals surface area contributed by atoms with E-state index in [4.69, 9.17) is 16.6 Å². The summed E-state index contributed by atoms with van der Waals surface area (Å²) in [6.45, 7) is 6.60. The Labute approximate surface area is 64.1 Å². The van der Waals surface area contributed by atoms with Gasteiger partial charge in [0.25, 0.3) is 0 Å². The van der Waals surface area contributed by atoms with E-state index < -0.39 is 7.12 Å². The Morgan fingerprint density at radius 3 is 2.73 bits per heavy atom. The fourth-order valence-electron chi connectivity index (χ4n) is 0.647. The average molecular weight is 148 g/mol. The van der Waals surface area contributed by atoms with Crippen molar-refractivity contribution in [2.45, 2.75) is 0 Å². The summed E-state index contributed by atoms with van der Waals surface area (Å²) in [4.78, 5) is 6.72. The van der Waals surface area contributed by atoms with E-state index in [1.807, 2.05) is 0 Å². The van der Waals surface area contributed by atoms with Gasteiger partial charge in [-0.3, -0.25) is 4.98 Å². The van der Waals surface area contributed by atoms with Gasteiger partial charge in [0.1, 0.15) is 0 Å². The quantitative estimate of drug-likeness (QED) is 0.409. The fourth-order valence-corrected chi connectivity index (χ4v) is 0.647. The second-order valence-corrected chi connectivity index (χ2v) is 1.96. The molecule has 0 aliphatic carbocycles. The first-order valence-corrected chi connectivity index (χ1v) is 2.92. The van der Waals surface area contributed by atoms with Crippen LogP contribution in [0, 0.1) is 6.57 Å². The molecule has 2 N–H and O–H groups in total. The van der Waals surface area contributed by atoms with Crippen LogP contribution in [0.1, 0.15) is 0 Å². The molecule has 1 aromatic rings. The van der Waals surface area contributed by atoms with Gasteiger partial charge in [-0.15, -0.1) is 0 Å². The smallest absolute Gasteiger partial charge is 0.423 e. The summed E-state index contributed by atoms with van der Waals surface area (Å²) in [6.07, 6.45) is 2.66. The molecule has 0 bridgehead atoms. The van der Waals surface area contributed by atoms with Crippen LogP contribution in [0.2, 0.25) is 0 Å². The third kappa shape index (κ3) is 1.77. The van der Waals surface area contributed by atoms with E-state index >= 15 is 0 Å². The lowest BCUT2D eigenvalue weighted by molar-refractivity contribution is 0.425. The van der Waals surface area contributed by atoms with E-state index in [9.17, 15) is 0 Å². The topological polar surface area (TPSA) is 57.7 Å². The maximum atomic E-state index is 8.66. The number of pyridine rings is 1. The van der Waals surface area contributed by atoms with Crippen molar-refractivity contribution in [1.82, 2.24) is 4.98 Å². The Morgan fingerprint density at radius 1 is 1.45 bits per heavy atom. The minimum absolute atomic E-state index is 0.235. The summed E-state index contributed by atoms with van der Waals surface area (Å²) in [7, 11) is -1.55. The molecule has 5 heteroatoms. The Hall–Kier alpha value is -1.38. The molecule has 0 radical (unpaired) electrons. The summed E-state index contributed by atoms with van der Waals surface area (Å²) >= 11 is 0. The largest absolute Gasteiger partial charge is 0.488 e. The van der Waals surface area contributed by atoms with Crippen LogP contribution >= 0.6 is 0 Å². The third-order valence-corrected chi connectivity index (χ3v) is 1.17. The molecule has 0 saturated carbocycles. The van der Waals surface area contributed by atoms with E-state index in [1.54, 1.807) is 0 Å². The highest BCUT2D eigenvalue weighted by Crippen LogP contribution is 2.04. The lowest BCUT2D eigenvalue weighted by Crippen LogP contribution is -2.29. The van der Waals surface area contributed by atoms with Crippen molar-refractivity contribution in [1.29, 1.82) is 0 Å². The van der Waals surface area contributed by atoms with Gasteiger partial charge in [0, 0.05) is 12.4 Å². The molecule has 4 nitrogen and oxygen atoms in total. The van der Waals surface area contributed by atoms with Crippen LogP contribution in [-0.2, 0) is 0 Å². The standard InChI is InChI=1S/C6H5BN2O2/c1-8-6-2-5(7(10)11)3-9-4-6/h2-4,10-11H. The molecule has 1 heterocycles. The molecule has 1 rings (SSSR count). The summed E-state index contributed by atoms with van der Waals surface area (Å²) in [5.74, 6) is 0. The minimum atomic E-state index is -1.55. The number of nitrogens with zero attached hydrogens (tertiary/aromatic N) is 2. The maximum absolute atomic E-state index is 8.66. The van der Waals surface area contributed by atoms with Crippen LogP contribution in [0.4, 0.5) is 5.69 Å². The van der Waals surface area contributed by atoms with Crippen molar-refractivity contribution in [3.63, 3.8) is 0 Å². The van der Waals surface area contributed by atoms with Crippen molar-refractivity contribution in [2.75, 3.05) is 0 Å². The summed E-state index contributed by atoms with van der Waals surface area (Å²) < 4.78 is 0. The summed E-state index contributed by atoms with van der Waals surface area (Å²) in [6, 6.07) is 1.38. The Balaban J connectivity index is 3.03. The van der Waals surface area contributed by atoms with Crippen LogP contribution < -0.4 is 5.46 Å². The molecular formula is C6H5BN2O2. The maximum Gasteiger partial charge on any atom is 0.488 e. The molecule has 0 aliphatic rings. The van der Waals surface area contributed by atoms with Gasteiger partial charge < -0.3 is 10.0 Å². The molecule has 11 heavy (non-hydrogen) atoms. The van der Waals surface area contributed by atoms with E-state index in [0.717, 1.165) is 0 Å². The Bertz CT molecular complexity index is 295. The zero-order chi connectivity index (χ0) is 8.27. The van der Waals surface area contributed by atoms with E-state index in [1.165, 1.54) is 18.5 Å². The highest BCUT2D eigenvalue weighted by Gasteiger charge is 2.10. The van der Waals surface area contributed by atoms with Crippen LogP contribution in [0.25, 0.3) is 4.85 Å². The number of rotatable bonds is 1. The summed E-state index contributed by atoms with van der Waals surface area (Å²) in [5, 5.41) is 17.3. The lowest BCUT2D eigenvalue weighted by atomic mass is 9.81. The Kier molecular flexibility index (Phi) is 2.21. The van der Waals surface area contributed by atoms with Crippen molar-refractivity contribution < 1.29 is 10.0 Å².